The van der Waals surface area contributed by atoms with E-state index in [-0.39, 0.29) is 5.75 Å². The highest BCUT2D eigenvalue weighted by molar-refractivity contribution is 9.10. The zero-order valence-corrected chi connectivity index (χ0v) is 12.4. The number of phenolic OH excluding ortho intramolecular Hbond substituents is 1. The van der Waals surface area contributed by atoms with E-state index in [1.165, 1.54) is 6.07 Å². The lowest BCUT2D eigenvalue weighted by atomic mass is 10.0. The lowest BCUT2D eigenvalue weighted by Crippen LogP contribution is -2.20. The van der Waals surface area contributed by atoms with Crippen LogP contribution in [0.1, 0.15) is 17.2 Å². The normalized spacial score (nSPS) is 13.1. The second-order valence-electron chi connectivity index (χ2n) is 4.42. The van der Waals surface area contributed by atoms with Gasteiger partial charge >= 0.3 is 6.18 Å². The Kier molecular flexibility index (Phi) is 4.90. The van der Waals surface area contributed by atoms with Gasteiger partial charge in [0.25, 0.3) is 0 Å². The Morgan fingerprint density at radius 3 is 2.24 bits per heavy atom. The number of phenols is 1. The van der Waals surface area contributed by atoms with E-state index in [0.29, 0.717) is 11.1 Å². The van der Waals surface area contributed by atoms with Crippen LogP contribution in [0.3, 0.4) is 0 Å². The van der Waals surface area contributed by atoms with Crippen molar-refractivity contribution >= 4 is 15.9 Å². The third-order valence-electron chi connectivity index (χ3n) is 2.81. The molecule has 21 heavy (non-hydrogen) atoms. The Balaban J connectivity index is 2.35. The Morgan fingerprint density at radius 2 is 1.67 bits per heavy atom. The zero-order valence-electron chi connectivity index (χ0n) is 10.8. The first-order chi connectivity index (χ1) is 9.87. The van der Waals surface area contributed by atoms with Gasteiger partial charge < -0.3 is 9.84 Å². The van der Waals surface area contributed by atoms with Gasteiger partial charge in [-0.1, -0.05) is 46.3 Å². The van der Waals surface area contributed by atoms with E-state index < -0.39 is 18.9 Å². The molecular weight excluding hydrogens is 349 g/mol. The van der Waals surface area contributed by atoms with Crippen LogP contribution in [0.4, 0.5) is 13.2 Å². The van der Waals surface area contributed by atoms with Crippen molar-refractivity contribution < 1.29 is 23.0 Å². The summed E-state index contributed by atoms with van der Waals surface area (Å²) >= 11 is 3.27. The van der Waals surface area contributed by atoms with Crippen molar-refractivity contribution in [3.8, 4) is 5.75 Å². The summed E-state index contributed by atoms with van der Waals surface area (Å²) in [6, 6.07) is 12.9. The molecule has 0 saturated heterocycles. The molecular formula is C15H12BrF3O2. The highest BCUT2D eigenvalue weighted by Gasteiger charge is 2.30. The average molecular weight is 361 g/mol. The molecule has 0 radical (unpaired) electrons. The molecule has 0 aliphatic carbocycles. The number of ether oxygens (including phenoxy) is 1. The monoisotopic (exact) mass is 360 g/mol. The van der Waals surface area contributed by atoms with E-state index in [2.05, 4.69) is 15.9 Å². The number of alkyl halides is 3. The number of hydrogen-bond acceptors (Lipinski definition) is 2. The van der Waals surface area contributed by atoms with Crippen LogP contribution in [0.2, 0.25) is 0 Å². The van der Waals surface area contributed by atoms with Crippen molar-refractivity contribution in [1.82, 2.24) is 0 Å². The number of benzene rings is 2. The van der Waals surface area contributed by atoms with Crippen LogP contribution in [0, 0.1) is 0 Å². The summed E-state index contributed by atoms with van der Waals surface area (Å²) in [5.41, 5.74) is 0.827. The molecule has 0 aromatic heterocycles. The van der Waals surface area contributed by atoms with Crippen molar-refractivity contribution in [2.24, 2.45) is 0 Å². The van der Waals surface area contributed by atoms with Crippen LogP contribution in [0.25, 0.3) is 0 Å². The van der Waals surface area contributed by atoms with Gasteiger partial charge in [-0.25, -0.2) is 0 Å². The number of halogens is 4. The number of hydrogen-bond donors (Lipinski definition) is 1. The van der Waals surface area contributed by atoms with Gasteiger partial charge in [0.2, 0.25) is 0 Å². The fraction of sp³-hybridized carbons (Fsp3) is 0.200. The summed E-state index contributed by atoms with van der Waals surface area (Å²) in [6.07, 6.45) is -5.42. The second kappa shape index (κ2) is 6.49. The molecule has 0 fully saturated rings. The first-order valence-corrected chi connectivity index (χ1v) is 6.88. The molecule has 2 nitrogen and oxygen atoms in total. The van der Waals surface area contributed by atoms with E-state index in [1.807, 2.05) is 0 Å². The van der Waals surface area contributed by atoms with Crippen LogP contribution in [-0.2, 0) is 4.74 Å². The van der Waals surface area contributed by atoms with Gasteiger partial charge in [0.15, 0.2) is 0 Å². The lowest BCUT2D eigenvalue weighted by Gasteiger charge is -2.21. The van der Waals surface area contributed by atoms with Gasteiger partial charge in [-0.2, -0.15) is 13.2 Å². The second-order valence-corrected chi connectivity index (χ2v) is 5.33. The summed E-state index contributed by atoms with van der Waals surface area (Å²) in [4.78, 5) is 0. The first-order valence-electron chi connectivity index (χ1n) is 6.08. The summed E-state index contributed by atoms with van der Waals surface area (Å²) in [6.45, 7) is -1.39. The van der Waals surface area contributed by atoms with E-state index in [1.54, 1.807) is 42.5 Å². The predicted octanol–water partition coefficient (Wildman–Crippen LogP) is 4.82. The van der Waals surface area contributed by atoms with Gasteiger partial charge in [-0.3, -0.25) is 0 Å². The molecule has 6 heteroatoms. The Hall–Kier alpha value is -1.53. The molecule has 0 bridgehead atoms. The van der Waals surface area contributed by atoms with Crippen molar-refractivity contribution in [2.45, 2.75) is 12.3 Å². The van der Waals surface area contributed by atoms with Crippen LogP contribution in [0.5, 0.6) is 5.75 Å². The molecule has 0 aliphatic rings. The molecule has 2 aromatic carbocycles. The highest BCUT2D eigenvalue weighted by Crippen LogP contribution is 2.34. The fourth-order valence-corrected chi connectivity index (χ4v) is 2.15. The summed E-state index contributed by atoms with van der Waals surface area (Å²) < 4.78 is 43.1. The van der Waals surface area contributed by atoms with E-state index in [9.17, 15) is 18.3 Å². The Bertz CT molecular complexity index is 597. The smallest absolute Gasteiger partial charge is 0.411 e. The van der Waals surface area contributed by atoms with Gasteiger partial charge in [0.05, 0.1) is 0 Å². The minimum Gasteiger partial charge on any atom is -0.508 e. The summed E-state index contributed by atoms with van der Waals surface area (Å²) in [5, 5.41) is 9.86. The van der Waals surface area contributed by atoms with Crippen molar-refractivity contribution in [1.29, 1.82) is 0 Å². The standard InChI is InChI=1S/C15H12BrF3O2/c16-11-7-5-10(6-8-11)14(21-9-15(17,18)19)12-3-1-2-4-13(12)20/h1-8,14,20H,9H2. The molecule has 2 aromatic rings. The predicted molar refractivity (Wildman–Crippen MR) is 76.1 cm³/mol. The molecule has 0 heterocycles. The van der Waals surface area contributed by atoms with Gasteiger partial charge in [0.1, 0.15) is 18.5 Å². The molecule has 0 amide bonds. The SMILES string of the molecule is Oc1ccccc1C(OCC(F)(F)F)c1ccc(Br)cc1. The molecule has 1 unspecified atom stereocenters. The highest BCUT2D eigenvalue weighted by atomic mass is 79.9. The zero-order chi connectivity index (χ0) is 15.5. The largest absolute Gasteiger partial charge is 0.508 e. The minimum absolute atomic E-state index is 0.104. The van der Waals surface area contributed by atoms with Crippen LogP contribution in [-0.4, -0.2) is 17.9 Å². The average Bonchev–Trinajstić information content (AvgIpc) is 2.41. The molecule has 1 atom stereocenters. The third kappa shape index (κ3) is 4.47. The van der Waals surface area contributed by atoms with Crippen LogP contribution >= 0.6 is 15.9 Å². The lowest BCUT2D eigenvalue weighted by molar-refractivity contribution is -0.182. The van der Waals surface area contributed by atoms with Crippen molar-refractivity contribution in [3.63, 3.8) is 0 Å². The summed E-state index contributed by atoms with van der Waals surface area (Å²) in [5.74, 6) is -0.104. The Labute approximate surface area is 128 Å². The topological polar surface area (TPSA) is 29.5 Å². The quantitative estimate of drug-likeness (QED) is 0.846. The van der Waals surface area contributed by atoms with Gasteiger partial charge in [-0.05, 0) is 23.8 Å². The number of para-hydroxylation sites is 1. The molecule has 0 saturated carbocycles. The fourth-order valence-electron chi connectivity index (χ4n) is 1.89. The minimum atomic E-state index is -4.43. The van der Waals surface area contributed by atoms with E-state index >= 15 is 0 Å². The maximum absolute atomic E-state index is 12.4. The molecule has 1 N–H and O–H groups in total. The van der Waals surface area contributed by atoms with E-state index in [0.717, 1.165) is 4.47 Å². The van der Waals surface area contributed by atoms with Crippen LogP contribution in [0.15, 0.2) is 53.0 Å². The van der Waals surface area contributed by atoms with Gasteiger partial charge in [-0.15, -0.1) is 0 Å². The Morgan fingerprint density at radius 1 is 1.05 bits per heavy atom. The molecule has 0 spiro atoms. The van der Waals surface area contributed by atoms with Crippen LogP contribution < -0.4 is 0 Å². The maximum atomic E-state index is 12.4. The molecule has 0 aliphatic heterocycles. The number of rotatable bonds is 4. The van der Waals surface area contributed by atoms with Crippen molar-refractivity contribution in [2.75, 3.05) is 6.61 Å². The third-order valence-corrected chi connectivity index (χ3v) is 3.33. The van der Waals surface area contributed by atoms with E-state index in [4.69, 9.17) is 4.74 Å². The van der Waals surface area contributed by atoms with Crippen molar-refractivity contribution in [3.05, 3.63) is 64.1 Å². The molecule has 112 valence electrons. The molecule has 2 rings (SSSR count). The number of aromatic hydroxyl groups is 1. The van der Waals surface area contributed by atoms with Gasteiger partial charge in [0, 0.05) is 10.0 Å². The first kappa shape index (κ1) is 15.9. The maximum Gasteiger partial charge on any atom is 0.411 e. The summed E-state index contributed by atoms with van der Waals surface area (Å²) in [7, 11) is 0.